The molecule has 0 heterocycles. The Labute approximate surface area is 90.0 Å². The Balaban J connectivity index is 0. The van der Waals surface area contributed by atoms with E-state index in [0.29, 0.717) is 25.2 Å². The summed E-state index contributed by atoms with van der Waals surface area (Å²) in [7, 11) is 0. The highest BCUT2D eigenvalue weighted by atomic mass is 16.5. The summed E-state index contributed by atoms with van der Waals surface area (Å²) in [6.07, 6.45) is 1.64. The smallest absolute Gasteiger partial charge is 0.334 e. The lowest BCUT2D eigenvalue weighted by Crippen LogP contribution is -2.10. The largest absolute Gasteiger partial charge is 0.463 e. The van der Waals surface area contributed by atoms with Crippen LogP contribution in [0.5, 0.6) is 0 Å². The maximum atomic E-state index is 11.2. The Bertz CT molecular complexity index is 236. The van der Waals surface area contributed by atoms with E-state index >= 15 is 0 Å². The highest BCUT2D eigenvalue weighted by Crippen LogP contribution is 2.04. The van der Waals surface area contributed by atoms with E-state index in [9.17, 15) is 9.59 Å². The van der Waals surface area contributed by atoms with E-state index in [1.165, 1.54) is 6.08 Å². The van der Waals surface area contributed by atoms with Gasteiger partial charge < -0.3 is 15.6 Å². The molecule has 0 fully saturated rings. The second-order valence-corrected chi connectivity index (χ2v) is 2.50. The van der Waals surface area contributed by atoms with Crippen LogP contribution in [-0.2, 0) is 19.1 Å². The van der Waals surface area contributed by atoms with Crippen molar-refractivity contribution in [3.05, 3.63) is 11.6 Å². The highest BCUT2D eigenvalue weighted by molar-refractivity contribution is 5.96. The first-order valence-corrected chi connectivity index (χ1v) is 4.70. The van der Waals surface area contributed by atoms with E-state index in [4.69, 9.17) is 4.74 Å². The van der Waals surface area contributed by atoms with Crippen molar-refractivity contribution < 1.29 is 19.1 Å². The molecule has 0 rings (SSSR count). The summed E-state index contributed by atoms with van der Waals surface area (Å²) in [4.78, 5) is 22.2. The lowest BCUT2D eigenvalue weighted by Gasteiger charge is -2.03. The first-order chi connectivity index (χ1) is 6.65. The normalized spacial score (nSPS) is 10.2. The van der Waals surface area contributed by atoms with Crippen LogP contribution in [0.2, 0.25) is 0 Å². The van der Waals surface area contributed by atoms with Gasteiger partial charge in [0.05, 0.1) is 13.2 Å². The summed E-state index contributed by atoms with van der Waals surface area (Å²) in [6, 6.07) is 0. The average Bonchev–Trinajstić information content (AvgIpc) is 2.15. The predicted molar refractivity (Wildman–Crippen MR) is 56.7 cm³/mol. The minimum absolute atomic E-state index is 0. The van der Waals surface area contributed by atoms with Gasteiger partial charge in [-0.2, -0.15) is 0 Å². The van der Waals surface area contributed by atoms with Crippen molar-refractivity contribution in [2.75, 3.05) is 13.2 Å². The Morgan fingerprint density at radius 2 is 1.60 bits per heavy atom. The fourth-order valence-corrected chi connectivity index (χ4v) is 0.855. The van der Waals surface area contributed by atoms with Crippen LogP contribution >= 0.6 is 0 Å². The molecule has 0 aliphatic heterocycles. The van der Waals surface area contributed by atoms with Crippen LogP contribution in [0.3, 0.4) is 0 Å². The molecule has 15 heavy (non-hydrogen) atoms. The monoisotopic (exact) mass is 217 g/mol. The van der Waals surface area contributed by atoms with E-state index < -0.39 is 11.9 Å². The molecule has 0 aliphatic carbocycles. The topological polar surface area (TPSA) is 87.6 Å². The fraction of sp³-hybridized carbons (Fsp3) is 0.600. The third kappa shape index (κ3) is 6.68. The van der Waals surface area contributed by atoms with Crippen molar-refractivity contribution in [3.8, 4) is 0 Å². The van der Waals surface area contributed by atoms with Gasteiger partial charge in [0, 0.05) is 11.6 Å². The number of hydrogen-bond acceptors (Lipinski definition) is 5. The minimum atomic E-state index is -0.502. The number of carbonyl (C=O) groups is 2. The summed E-state index contributed by atoms with van der Waals surface area (Å²) >= 11 is 0. The van der Waals surface area contributed by atoms with Gasteiger partial charge in [0.2, 0.25) is 0 Å². The maximum absolute atomic E-state index is 11.2. The van der Waals surface area contributed by atoms with Crippen LogP contribution < -0.4 is 6.15 Å². The standard InChI is InChI=1S/C10H16O4.H3N/c1-4-8(10(12)14-6-3)7-9(11)13-5-2;/h7H,4-6H2,1-3H3;1H3/b8-7-;. The van der Waals surface area contributed by atoms with Crippen molar-refractivity contribution in [2.24, 2.45) is 0 Å². The lowest BCUT2D eigenvalue weighted by molar-refractivity contribution is -0.141. The molecule has 0 atom stereocenters. The highest BCUT2D eigenvalue weighted by Gasteiger charge is 2.10. The first kappa shape index (κ1) is 16.1. The van der Waals surface area contributed by atoms with E-state index in [1.54, 1.807) is 20.8 Å². The molecular weight excluding hydrogens is 198 g/mol. The zero-order valence-corrected chi connectivity index (χ0v) is 9.54. The summed E-state index contributed by atoms with van der Waals surface area (Å²) < 4.78 is 9.44. The molecule has 5 nitrogen and oxygen atoms in total. The molecule has 0 aromatic carbocycles. The van der Waals surface area contributed by atoms with Gasteiger partial charge in [0.15, 0.2) is 0 Å². The minimum Gasteiger partial charge on any atom is -0.463 e. The number of hydrogen-bond donors (Lipinski definition) is 1. The van der Waals surface area contributed by atoms with Crippen molar-refractivity contribution in [1.82, 2.24) is 6.15 Å². The molecule has 0 aromatic rings. The molecule has 0 saturated heterocycles. The third-order valence-corrected chi connectivity index (χ3v) is 1.50. The molecule has 0 spiro atoms. The van der Waals surface area contributed by atoms with Gasteiger partial charge in [0.1, 0.15) is 0 Å². The van der Waals surface area contributed by atoms with Crippen LogP contribution in [0.15, 0.2) is 11.6 Å². The van der Waals surface area contributed by atoms with E-state index in [2.05, 4.69) is 4.74 Å². The molecule has 0 saturated carbocycles. The Kier molecular flexibility index (Phi) is 9.87. The van der Waals surface area contributed by atoms with Crippen LogP contribution in [0.4, 0.5) is 0 Å². The van der Waals surface area contributed by atoms with Crippen LogP contribution in [0.25, 0.3) is 0 Å². The van der Waals surface area contributed by atoms with Crippen molar-refractivity contribution in [2.45, 2.75) is 27.2 Å². The lowest BCUT2D eigenvalue weighted by atomic mass is 10.2. The summed E-state index contributed by atoms with van der Waals surface area (Å²) in [5.41, 5.74) is 0.338. The molecule has 0 bridgehead atoms. The van der Waals surface area contributed by atoms with Gasteiger partial charge in [-0.15, -0.1) is 0 Å². The molecule has 5 heteroatoms. The van der Waals surface area contributed by atoms with E-state index in [-0.39, 0.29) is 6.15 Å². The van der Waals surface area contributed by atoms with Crippen molar-refractivity contribution in [1.29, 1.82) is 0 Å². The van der Waals surface area contributed by atoms with E-state index in [0.717, 1.165) is 0 Å². The molecule has 0 aliphatic rings. The second-order valence-electron chi connectivity index (χ2n) is 2.50. The Morgan fingerprint density at radius 1 is 1.07 bits per heavy atom. The maximum Gasteiger partial charge on any atom is 0.334 e. The van der Waals surface area contributed by atoms with E-state index in [1.807, 2.05) is 0 Å². The van der Waals surface area contributed by atoms with Gasteiger partial charge in [-0.1, -0.05) is 6.92 Å². The summed E-state index contributed by atoms with van der Waals surface area (Å²) in [5, 5.41) is 0. The SMILES string of the molecule is CCOC(=O)/C=C(/CC)C(=O)OCC.N. The van der Waals surface area contributed by atoms with Crippen LogP contribution in [0.1, 0.15) is 27.2 Å². The summed E-state index contributed by atoms with van der Waals surface area (Å²) in [6.45, 7) is 5.81. The third-order valence-electron chi connectivity index (χ3n) is 1.50. The first-order valence-electron chi connectivity index (χ1n) is 4.70. The molecule has 88 valence electrons. The predicted octanol–water partition coefficient (Wildman–Crippen LogP) is 1.61. The van der Waals surface area contributed by atoms with Gasteiger partial charge >= 0.3 is 11.9 Å². The number of esters is 2. The Hall–Kier alpha value is -1.36. The average molecular weight is 217 g/mol. The number of ether oxygens (including phenoxy) is 2. The van der Waals surface area contributed by atoms with Crippen LogP contribution in [-0.4, -0.2) is 25.2 Å². The zero-order valence-electron chi connectivity index (χ0n) is 9.54. The summed E-state index contributed by atoms with van der Waals surface area (Å²) in [5.74, 6) is -0.958. The van der Waals surface area contributed by atoms with Gasteiger partial charge in [-0.25, -0.2) is 9.59 Å². The molecule has 0 amide bonds. The Morgan fingerprint density at radius 3 is 2.00 bits per heavy atom. The molecule has 3 N–H and O–H groups in total. The fourth-order valence-electron chi connectivity index (χ4n) is 0.855. The zero-order chi connectivity index (χ0) is 11.0. The van der Waals surface area contributed by atoms with Crippen molar-refractivity contribution in [3.63, 3.8) is 0 Å². The quantitative estimate of drug-likeness (QED) is 0.558. The molecule has 0 radical (unpaired) electrons. The van der Waals surface area contributed by atoms with Crippen molar-refractivity contribution >= 4 is 11.9 Å². The second kappa shape index (κ2) is 9.21. The van der Waals surface area contributed by atoms with Gasteiger partial charge in [-0.05, 0) is 20.3 Å². The number of rotatable bonds is 5. The number of carbonyl (C=O) groups excluding carboxylic acids is 2. The molecule has 0 unspecified atom stereocenters. The molecular formula is C10H19NO4. The van der Waals surface area contributed by atoms with Gasteiger partial charge in [-0.3, -0.25) is 0 Å². The van der Waals surface area contributed by atoms with Crippen LogP contribution in [0, 0.1) is 0 Å². The van der Waals surface area contributed by atoms with Gasteiger partial charge in [0.25, 0.3) is 0 Å². The molecule has 0 aromatic heterocycles.